The van der Waals surface area contributed by atoms with Crippen LogP contribution in [0.3, 0.4) is 0 Å². The third-order valence-corrected chi connectivity index (χ3v) is 5.80. The van der Waals surface area contributed by atoms with Gasteiger partial charge in [-0.3, -0.25) is 4.79 Å². The lowest BCUT2D eigenvalue weighted by atomic mass is 10.2. The van der Waals surface area contributed by atoms with Crippen molar-refractivity contribution in [3.8, 4) is 5.75 Å². The van der Waals surface area contributed by atoms with Crippen molar-refractivity contribution < 1.29 is 22.3 Å². The molecule has 0 saturated heterocycles. The fourth-order valence-electron chi connectivity index (χ4n) is 2.35. The molecule has 154 valence electrons. The molecule has 0 aliphatic heterocycles. The number of hydrogen-bond acceptors (Lipinski definition) is 5. The van der Waals surface area contributed by atoms with Crippen LogP contribution in [0.5, 0.6) is 5.75 Å². The van der Waals surface area contributed by atoms with E-state index in [1.165, 1.54) is 26.3 Å². The maximum atomic E-state index is 13.0. The van der Waals surface area contributed by atoms with Crippen LogP contribution in [-0.2, 0) is 14.8 Å². The Morgan fingerprint density at radius 3 is 2.46 bits per heavy atom. The van der Waals surface area contributed by atoms with E-state index < -0.39 is 15.8 Å². The molecule has 0 spiro atoms. The minimum absolute atomic E-state index is 0. The molecule has 0 unspecified atom stereocenters. The van der Waals surface area contributed by atoms with Crippen molar-refractivity contribution in [2.75, 3.05) is 31.8 Å². The largest absolute Gasteiger partial charge is 0.497 e. The number of halogens is 2. The van der Waals surface area contributed by atoms with E-state index in [0.717, 1.165) is 16.4 Å². The Hall–Kier alpha value is -2.36. The van der Waals surface area contributed by atoms with E-state index in [1.54, 1.807) is 18.2 Å². The van der Waals surface area contributed by atoms with E-state index in [1.807, 2.05) is 0 Å². The zero-order valence-electron chi connectivity index (χ0n) is 15.5. The van der Waals surface area contributed by atoms with E-state index in [9.17, 15) is 17.6 Å². The van der Waals surface area contributed by atoms with Crippen LogP contribution in [0, 0.1) is 5.82 Å². The molecule has 28 heavy (non-hydrogen) atoms. The van der Waals surface area contributed by atoms with Gasteiger partial charge in [0.25, 0.3) is 0 Å². The number of ether oxygens (including phenoxy) is 1. The topological polar surface area (TPSA) is 102 Å². The van der Waals surface area contributed by atoms with Crippen molar-refractivity contribution in [1.29, 1.82) is 0 Å². The molecule has 0 fully saturated rings. The number of sulfonamides is 1. The van der Waals surface area contributed by atoms with E-state index in [2.05, 4.69) is 5.32 Å². The molecule has 0 bridgehead atoms. The third kappa shape index (κ3) is 6.08. The standard InChI is InChI=1S/C18H22FN3O4S.ClH/c1-22(27(24,25)15-8-5-13(19)6-9-15)11-3-4-18(23)21-17-12-14(26-2)7-10-16(17)20;/h5-10,12H,3-4,11,20H2,1-2H3,(H,21,23);1H. The highest BCUT2D eigenvalue weighted by atomic mass is 35.5. The van der Waals surface area contributed by atoms with E-state index in [4.69, 9.17) is 10.5 Å². The quantitative estimate of drug-likeness (QED) is 0.626. The highest BCUT2D eigenvalue weighted by Crippen LogP contribution is 2.24. The number of rotatable bonds is 8. The molecular weight excluding hydrogens is 409 g/mol. The van der Waals surface area contributed by atoms with E-state index in [-0.39, 0.29) is 36.2 Å². The Morgan fingerprint density at radius 2 is 1.86 bits per heavy atom. The Morgan fingerprint density at radius 1 is 1.21 bits per heavy atom. The summed E-state index contributed by atoms with van der Waals surface area (Å²) in [5.41, 5.74) is 6.66. The number of nitrogens with two attached hydrogens (primary N) is 1. The number of carbonyl (C=O) groups excluding carboxylic acids is 1. The van der Waals surface area contributed by atoms with Crippen LogP contribution in [0.25, 0.3) is 0 Å². The van der Waals surface area contributed by atoms with Gasteiger partial charge in [0.05, 0.1) is 23.4 Å². The number of anilines is 2. The first-order chi connectivity index (χ1) is 12.7. The van der Waals surface area contributed by atoms with Gasteiger partial charge in [0.1, 0.15) is 11.6 Å². The molecule has 2 aromatic carbocycles. The zero-order valence-corrected chi connectivity index (χ0v) is 17.1. The number of nitrogen functional groups attached to an aromatic ring is 1. The Bertz CT molecular complexity index is 908. The summed E-state index contributed by atoms with van der Waals surface area (Å²) in [6.45, 7) is 0.140. The molecule has 2 aromatic rings. The second-order valence-electron chi connectivity index (χ2n) is 5.89. The van der Waals surface area contributed by atoms with Crippen LogP contribution in [-0.4, -0.2) is 39.3 Å². The summed E-state index contributed by atoms with van der Waals surface area (Å²) in [5.74, 6) is -0.239. The molecular formula is C18H23ClFN3O4S. The lowest BCUT2D eigenvalue weighted by Gasteiger charge is -2.17. The smallest absolute Gasteiger partial charge is 0.242 e. The summed E-state index contributed by atoms with van der Waals surface area (Å²) >= 11 is 0. The molecule has 0 aromatic heterocycles. The highest BCUT2D eigenvalue weighted by Gasteiger charge is 2.20. The average Bonchev–Trinajstić information content (AvgIpc) is 2.63. The van der Waals surface area contributed by atoms with E-state index >= 15 is 0 Å². The summed E-state index contributed by atoms with van der Waals surface area (Å²) in [6.07, 6.45) is 0.423. The van der Waals surface area contributed by atoms with Crippen molar-refractivity contribution in [2.24, 2.45) is 0 Å². The van der Waals surface area contributed by atoms with Gasteiger partial charge in [0, 0.05) is 26.1 Å². The van der Waals surface area contributed by atoms with Crippen LogP contribution >= 0.6 is 12.4 Å². The molecule has 2 rings (SSSR count). The molecule has 0 aliphatic rings. The molecule has 0 atom stereocenters. The number of amides is 1. The summed E-state index contributed by atoms with van der Waals surface area (Å²) in [4.78, 5) is 12.1. The first kappa shape index (κ1) is 23.7. The van der Waals surface area contributed by atoms with Gasteiger partial charge >= 0.3 is 0 Å². The molecule has 0 radical (unpaired) electrons. The fraction of sp³-hybridized carbons (Fsp3) is 0.278. The van der Waals surface area contributed by atoms with E-state index in [0.29, 0.717) is 23.5 Å². The lowest BCUT2D eigenvalue weighted by Crippen LogP contribution is -2.28. The maximum Gasteiger partial charge on any atom is 0.242 e. The monoisotopic (exact) mass is 431 g/mol. The second kappa shape index (κ2) is 10.3. The van der Waals surface area contributed by atoms with Gasteiger partial charge in [-0.2, -0.15) is 0 Å². The average molecular weight is 432 g/mol. The zero-order chi connectivity index (χ0) is 20.0. The number of methoxy groups -OCH3 is 1. The molecule has 0 saturated carbocycles. The normalized spacial score (nSPS) is 11.0. The second-order valence-corrected chi connectivity index (χ2v) is 7.93. The first-order valence-electron chi connectivity index (χ1n) is 8.19. The van der Waals surface area contributed by atoms with Gasteiger partial charge in [-0.25, -0.2) is 17.1 Å². The fourth-order valence-corrected chi connectivity index (χ4v) is 3.56. The summed E-state index contributed by atoms with van der Waals surface area (Å²) < 4.78 is 44.0. The minimum Gasteiger partial charge on any atom is -0.497 e. The van der Waals surface area contributed by atoms with Crippen molar-refractivity contribution >= 4 is 39.7 Å². The SMILES string of the molecule is COc1ccc(N)c(NC(=O)CCCN(C)S(=O)(=O)c2ccc(F)cc2)c1.Cl. The summed E-state index contributed by atoms with van der Waals surface area (Å²) in [6, 6.07) is 9.51. The van der Waals surface area contributed by atoms with Gasteiger partial charge in [-0.1, -0.05) is 0 Å². The highest BCUT2D eigenvalue weighted by molar-refractivity contribution is 7.89. The maximum absolute atomic E-state index is 13.0. The molecule has 0 heterocycles. The van der Waals surface area contributed by atoms with Crippen LogP contribution in [0.1, 0.15) is 12.8 Å². The first-order valence-corrected chi connectivity index (χ1v) is 9.63. The van der Waals surface area contributed by atoms with Crippen molar-refractivity contribution in [1.82, 2.24) is 4.31 Å². The van der Waals surface area contributed by atoms with Gasteiger partial charge in [0.15, 0.2) is 0 Å². The molecule has 7 nitrogen and oxygen atoms in total. The number of hydrogen-bond donors (Lipinski definition) is 2. The Labute approximate surface area is 170 Å². The lowest BCUT2D eigenvalue weighted by molar-refractivity contribution is -0.116. The predicted molar refractivity (Wildman–Crippen MR) is 109 cm³/mol. The van der Waals surface area contributed by atoms with Gasteiger partial charge in [-0.15, -0.1) is 12.4 Å². The summed E-state index contributed by atoms with van der Waals surface area (Å²) in [5, 5.41) is 2.68. The van der Waals surface area contributed by atoms with Gasteiger partial charge in [-0.05, 0) is 42.8 Å². The Kier molecular flexibility index (Phi) is 8.67. The molecule has 0 aliphatic carbocycles. The minimum atomic E-state index is -3.73. The molecule has 10 heteroatoms. The van der Waals surface area contributed by atoms with Gasteiger partial charge < -0.3 is 15.8 Å². The molecule has 1 amide bonds. The number of nitrogens with zero attached hydrogens (tertiary/aromatic N) is 1. The molecule has 3 N–H and O–H groups in total. The van der Waals surface area contributed by atoms with Crippen molar-refractivity contribution in [3.63, 3.8) is 0 Å². The van der Waals surface area contributed by atoms with Crippen LogP contribution < -0.4 is 15.8 Å². The number of benzene rings is 2. The number of nitrogens with one attached hydrogen (secondary N) is 1. The van der Waals surface area contributed by atoms with Crippen LogP contribution in [0.2, 0.25) is 0 Å². The van der Waals surface area contributed by atoms with Crippen molar-refractivity contribution in [2.45, 2.75) is 17.7 Å². The number of carbonyl (C=O) groups is 1. The predicted octanol–water partition coefficient (Wildman–Crippen LogP) is 2.88. The summed E-state index contributed by atoms with van der Waals surface area (Å²) in [7, 11) is -0.808. The van der Waals surface area contributed by atoms with Gasteiger partial charge in [0.2, 0.25) is 15.9 Å². The van der Waals surface area contributed by atoms with Crippen LogP contribution in [0.15, 0.2) is 47.4 Å². The Balaban J connectivity index is 0.00000392. The third-order valence-electron chi connectivity index (χ3n) is 3.93. The van der Waals surface area contributed by atoms with Crippen molar-refractivity contribution in [3.05, 3.63) is 48.3 Å². The van der Waals surface area contributed by atoms with Crippen LogP contribution in [0.4, 0.5) is 15.8 Å².